The van der Waals surface area contributed by atoms with E-state index in [1.165, 1.54) is 4.90 Å². The van der Waals surface area contributed by atoms with Crippen molar-refractivity contribution in [3.63, 3.8) is 0 Å². The summed E-state index contributed by atoms with van der Waals surface area (Å²) in [4.78, 5) is 28.7. The lowest BCUT2D eigenvalue weighted by Gasteiger charge is -2.32. The fourth-order valence-electron chi connectivity index (χ4n) is 2.39. The average molecular weight is 277 g/mol. The van der Waals surface area contributed by atoms with Crippen molar-refractivity contribution in [2.24, 2.45) is 0 Å². The van der Waals surface area contributed by atoms with Crippen LogP contribution in [0.15, 0.2) is 18.5 Å². The standard InChI is InChI=1S/C14H19N3O3/c1-10-5-6-15-8-11(10)9-16-14(20)17-7-3-2-4-12(17)13(18)19/h5-6,8,12H,2-4,7,9H2,1H3,(H,16,20)(H,18,19). The summed E-state index contributed by atoms with van der Waals surface area (Å²) in [7, 11) is 0. The van der Waals surface area contributed by atoms with Gasteiger partial charge in [0.15, 0.2) is 0 Å². The van der Waals surface area contributed by atoms with Crippen LogP contribution in [0.5, 0.6) is 0 Å². The number of aliphatic carboxylic acids is 1. The number of pyridine rings is 1. The number of rotatable bonds is 3. The molecule has 0 aliphatic carbocycles. The first-order valence-electron chi connectivity index (χ1n) is 6.76. The minimum atomic E-state index is -0.933. The van der Waals surface area contributed by atoms with Gasteiger partial charge in [-0.3, -0.25) is 4.98 Å². The van der Waals surface area contributed by atoms with Gasteiger partial charge >= 0.3 is 12.0 Å². The molecule has 108 valence electrons. The van der Waals surface area contributed by atoms with Crippen molar-refractivity contribution in [1.82, 2.24) is 15.2 Å². The maximum Gasteiger partial charge on any atom is 0.326 e. The molecule has 0 saturated carbocycles. The molecule has 2 heterocycles. The van der Waals surface area contributed by atoms with Gasteiger partial charge in [0.25, 0.3) is 0 Å². The second-order valence-corrected chi connectivity index (χ2v) is 5.00. The summed E-state index contributed by atoms with van der Waals surface area (Å²) in [5.74, 6) is -0.933. The van der Waals surface area contributed by atoms with Crippen LogP contribution in [0.25, 0.3) is 0 Å². The number of aryl methyl sites for hydroxylation is 1. The fraction of sp³-hybridized carbons (Fsp3) is 0.500. The Bertz CT molecular complexity index is 504. The Kier molecular flexibility index (Phi) is 4.55. The van der Waals surface area contributed by atoms with E-state index in [9.17, 15) is 9.59 Å². The molecule has 2 amide bonds. The van der Waals surface area contributed by atoms with Gasteiger partial charge in [-0.1, -0.05) is 0 Å². The molecule has 1 aliphatic rings. The number of carbonyl (C=O) groups excluding carboxylic acids is 1. The number of carboxylic acids is 1. The summed E-state index contributed by atoms with van der Waals surface area (Å²) in [5, 5.41) is 11.9. The van der Waals surface area contributed by atoms with E-state index in [4.69, 9.17) is 5.11 Å². The van der Waals surface area contributed by atoms with E-state index in [0.29, 0.717) is 19.5 Å². The zero-order chi connectivity index (χ0) is 14.5. The number of carboxylic acid groups (broad SMARTS) is 1. The molecule has 0 bridgehead atoms. The molecular formula is C14H19N3O3. The molecule has 0 radical (unpaired) electrons. The molecule has 1 fully saturated rings. The molecule has 1 atom stereocenters. The van der Waals surface area contributed by atoms with E-state index in [1.54, 1.807) is 12.4 Å². The third-order valence-corrected chi connectivity index (χ3v) is 3.63. The van der Waals surface area contributed by atoms with Gasteiger partial charge in [-0.05, 0) is 43.4 Å². The molecule has 0 aromatic carbocycles. The number of amides is 2. The highest BCUT2D eigenvalue weighted by molar-refractivity contribution is 5.82. The summed E-state index contributed by atoms with van der Waals surface area (Å²) < 4.78 is 0. The molecule has 1 aromatic heterocycles. The lowest BCUT2D eigenvalue weighted by molar-refractivity contribution is -0.143. The molecule has 1 aliphatic heterocycles. The molecular weight excluding hydrogens is 258 g/mol. The lowest BCUT2D eigenvalue weighted by atomic mass is 10.0. The first-order valence-corrected chi connectivity index (χ1v) is 6.76. The van der Waals surface area contributed by atoms with E-state index < -0.39 is 12.0 Å². The van der Waals surface area contributed by atoms with E-state index in [1.807, 2.05) is 13.0 Å². The summed E-state index contributed by atoms with van der Waals surface area (Å²) >= 11 is 0. The zero-order valence-electron chi connectivity index (χ0n) is 11.5. The molecule has 0 spiro atoms. The van der Waals surface area contributed by atoms with Gasteiger partial charge in [-0.25, -0.2) is 9.59 Å². The predicted molar refractivity (Wildman–Crippen MR) is 73.2 cm³/mol. The minimum Gasteiger partial charge on any atom is -0.480 e. The van der Waals surface area contributed by atoms with Crippen LogP contribution in [-0.4, -0.2) is 39.6 Å². The maximum atomic E-state index is 12.1. The Balaban J connectivity index is 1.97. The van der Waals surface area contributed by atoms with Crippen LogP contribution in [0, 0.1) is 6.92 Å². The maximum absolute atomic E-state index is 12.1. The van der Waals surface area contributed by atoms with Crippen LogP contribution in [0.3, 0.4) is 0 Å². The van der Waals surface area contributed by atoms with Gasteiger partial charge in [0.05, 0.1) is 0 Å². The number of aromatic nitrogens is 1. The Morgan fingerprint density at radius 3 is 3.00 bits per heavy atom. The van der Waals surface area contributed by atoms with Crippen LogP contribution in [0.1, 0.15) is 30.4 Å². The summed E-state index contributed by atoms with van der Waals surface area (Å²) in [6.45, 7) is 2.81. The Labute approximate surface area is 117 Å². The highest BCUT2D eigenvalue weighted by Gasteiger charge is 2.31. The SMILES string of the molecule is Cc1ccncc1CNC(=O)N1CCCCC1C(=O)O. The van der Waals surface area contributed by atoms with Crippen LogP contribution in [0.4, 0.5) is 4.79 Å². The van der Waals surface area contributed by atoms with Crippen molar-refractivity contribution in [3.8, 4) is 0 Å². The number of hydrogen-bond acceptors (Lipinski definition) is 3. The molecule has 1 aromatic rings. The average Bonchev–Trinajstić information content (AvgIpc) is 2.46. The normalized spacial score (nSPS) is 18.6. The quantitative estimate of drug-likeness (QED) is 0.878. The van der Waals surface area contributed by atoms with Crippen molar-refractivity contribution < 1.29 is 14.7 Å². The Hall–Kier alpha value is -2.11. The highest BCUT2D eigenvalue weighted by atomic mass is 16.4. The largest absolute Gasteiger partial charge is 0.480 e. The van der Waals surface area contributed by atoms with Crippen molar-refractivity contribution >= 4 is 12.0 Å². The molecule has 6 heteroatoms. The number of hydrogen-bond donors (Lipinski definition) is 2. The number of carbonyl (C=O) groups is 2. The van der Waals surface area contributed by atoms with Gasteiger partial charge in [0, 0.05) is 25.5 Å². The van der Waals surface area contributed by atoms with E-state index in [0.717, 1.165) is 24.0 Å². The minimum absolute atomic E-state index is 0.319. The summed E-state index contributed by atoms with van der Waals surface area (Å²) in [6, 6.07) is 0.849. The first kappa shape index (κ1) is 14.3. The van der Waals surface area contributed by atoms with Gasteiger partial charge in [-0.15, -0.1) is 0 Å². The van der Waals surface area contributed by atoms with Gasteiger partial charge < -0.3 is 15.3 Å². The molecule has 6 nitrogen and oxygen atoms in total. The molecule has 1 saturated heterocycles. The molecule has 2 rings (SSSR count). The second-order valence-electron chi connectivity index (χ2n) is 5.00. The zero-order valence-corrected chi connectivity index (χ0v) is 11.5. The third kappa shape index (κ3) is 3.26. The third-order valence-electron chi connectivity index (χ3n) is 3.63. The fourth-order valence-corrected chi connectivity index (χ4v) is 2.39. The van der Waals surface area contributed by atoms with Gasteiger partial charge in [0.1, 0.15) is 6.04 Å². The number of likely N-dealkylation sites (tertiary alicyclic amines) is 1. The van der Waals surface area contributed by atoms with Crippen LogP contribution in [0.2, 0.25) is 0 Å². The van der Waals surface area contributed by atoms with E-state index >= 15 is 0 Å². The van der Waals surface area contributed by atoms with Crippen molar-refractivity contribution in [1.29, 1.82) is 0 Å². The summed E-state index contributed by atoms with van der Waals surface area (Å²) in [5.41, 5.74) is 1.98. The van der Waals surface area contributed by atoms with E-state index in [-0.39, 0.29) is 6.03 Å². The topological polar surface area (TPSA) is 82.5 Å². The Morgan fingerprint density at radius 1 is 1.50 bits per heavy atom. The molecule has 2 N–H and O–H groups in total. The van der Waals surface area contributed by atoms with Crippen LogP contribution < -0.4 is 5.32 Å². The lowest BCUT2D eigenvalue weighted by Crippen LogP contribution is -2.51. The number of urea groups is 1. The van der Waals surface area contributed by atoms with Gasteiger partial charge in [0.2, 0.25) is 0 Å². The summed E-state index contributed by atoms with van der Waals surface area (Å²) in [6.07, 6.45) is 5.63. The molecule has 20 heavy (non-hydrogen) atoms. The highest BCUT2D eigenvalue weighted by Crippen LogP contribution is 2.17. The van der Waals surface area contributed by atoms with Crippen molar-refractivity contribution in [2.75, 3.05) is 6.54 Å². The second kappa shape index (κ2) is 6.36. The Morgan fingerprint density at radius 2 is 2.30 bits per heavy atom. The van der Waals surface area contributed by atoms with Crippen LogP contribution >= 0.6 is 0 Å². The van der Waals surface area contributed by atoms with E-state index in [2.05, 4.69) is 10.3 Å². The van der Waals surface area contributed by atoms with Crippen molar-refractivity contribution in [3.05, 3.63) is 29.6 Å². The van der Waals surface area contributed by atoms with Crippen molar-refractivity contribution in [2.45, 2.75) is 38.8 Å². The number of nitrogens with zero attached hydrogens (tertiary/aromatic N) is 2. The number of piperidine rings is 1. The monoisotopic (exact) mass is 277 g/mol. The number of nitrogens with one attached hydrogen (secondary N) is 1. The van der Waals surface area contributed by atoms with Gasteiger partial charge in [-0.2, -0.15) is 0 Å². The molecule has 1 unspecified atom stereocenters. The van der Waals surface area contributed by atoms with Crippen LogP contribution in [-0.2, 0) is 11.3 Å². The first-order chi connectivity index (χ1) is 9.59. The smallest absolute Gasteiger partial charge is 0.326 e. The predicted octanol–water partition coefficient (Wildman–Crippen LogP) is 1.54.